The number of carbonyl (C=O) groups excluding carboxylic acids is 2. The molecule has 0 spiro atoms. The summed E-state index contributed by atoms with van der Waals surface area (Å²) < 4.78 is 50.9. The van der Waals surface area contributed by atoms with Crippen LogP contribution < -0.4 is 0 Å². The predicted molar refractivity (Wildman–Crippen MR) is 117 cm³/mol. The predicted octanol–water partition coefficient (Wildman–Crippen LogP) is 3.47. The molecule has 0 radical (unpaired) electrons. The lowest BCUT2D eigenvalue weighted by Crippen LogP contribution is -2.41. The smallest absolute Gasteiger partial charge is 0.203 e. The first-order valence-corrected chi connectivity index (χ1v) is 12.1. The topological polar surface area (TPSA) is 102 Å². The Bertz CT molecular complexity index is 1040. The van der Waals surface area contributed by atoms with Gasteiger partial charge in [-0.15, -0.1) is 13.2 Å². The summed E-state index contributed by atoms with van der Waals surface area (Å²) in [7, 11) is -8.95. The number of hydrogen-bond acceptors (Lipinski definition) is 6. The third kappa shape index (κ3) is 5.31. The zero-order chi connectivity index (χ0) is 23.3. The summed E-state index contributed by atoms with van der Waals surface area (Å²) >= 11 is 0. The van der Waals surface area contributed by atoms with Gasteiger partial charge in [0.15, 0.2) is 30.0 Å². The molecule has 0 aromatic heterocycles. The van der Waals surface area contributed by atoms with E-state index in [0.717, 1.165) is 25.0 Å². The minimum Gasteiger partial charge on any atom is -0.291 e. The molecule has 0 saturated carbocycles. The Morgan fingerprint density at radius 3 is 1.30 bits per heavy atom. The second-order valence-electron chi connectivity index (χ2n) is 6.79. The van der Waals surface area contributed by atoms with Gasteiger partial charge < -0.3 is 0 Å². The van der Waals surface area contributed by atoms with Crippen LogP contribution in [0.4, 0.5) is 0 Å². The molecule has 0 N–H and O–H groups in total. The fourth-order valence-electron chi connectivity index (χ4n) is 2.87. The van der Waals surface area contributed by atoms with Crippen LogP contribution in [0.5, 0.6) is 0 Å². The molecule has 0 aliphatic heterocycles. The number of sulfone groups is 2. The Morgan fingerprint density at radius 1 is 0.733 bits per heavy atom. The maximum absolute atomic E-state index is 13.3. The van der Waals surface area contributed by atoms with Crippen molar-refractivity contribution in [2.75, 3.05) is 0 Å². The molecule has 0 bridgehead atoms. The van der Waals surface area contributed by atoms with Crippen molar-refractivity contribution in [3.8, 4) is 0 Å². The summed E-state index contributed by atoms with van der Waals surface area (Å²) in [5.41, 5.74) is 1.59. The van der Waals surface area contributed by atoms with Crippen LogP contribution in [0.3, 0.4) is 0 Å². The molecular formula is C22H26O6S2. The zero-order valence-electron chi connectivity index (χ0n) is 17.5. The standard InChI is InChI=1S/C20H22O6S2.C2H4/c1-13-5-9-17(10-6-13)27(23,24)20(15(3)19(22)16(4)21)28(25,26)18-11-7-14(2)8-12-18;1-2/h5-12,15,20H,1-4H3;1-2H2. The van der Waals surface area contributed by atoms with Gasteiger partial charge in [-0.1, -0.05) is 42.3 Å². The van der Waals surface area contributed by atoms with E-state index in [9.17, 15) is 26.4 Å². The van der Waals surface area contributed by atoms with E-state index in [1.165, 1.54) is 24.3 Å². The molecular weight excluding hydrogens is 424 g/mol. The molecule has 8 heteroatoms. The van der Waals surface area contributed by atoms with Gasteiger partial charge in [0.1, 0.15) is 0 Å². The third-order valence-corrected chi connectivity index (χ3v) is 9.90. The lowest BCUT2D eigenvalue weighted by Gasteiger charge is -2.23. The van der Waals surface area contributed by atoms with Gasteiger partial charge in [0.2, 0.25) is 5.78 Å². The highest BCUT2D eigenvalue weighted by Gasteiger charge is 2.47. The van der Waals surface area contributed by atoms with Crippen molar-refractivity contribution >= 4 is 31.2 Å². The molecule has 2 aromatic rings. The van der Waals surface area contributed by atoms with Gasteiger partial charge in [-0.05, 0) is 38.1 Å². The molecule has 1 unspecified atom stereocenters. The normalized spacial score (nSPS) is 12.6. The minimum atomic E-state index is -4.47. The molecule has 162 valence electrons. The Balaban J connectivity index is 0.00000218. The number of ketones is 2. The molecule has 0 amide bonds. The van der Waals surface area contributed by atoms with E-state index in [1.807, 2.05) is 0 Å². The van der Waals surface area contributed by atoms with E-state index in [4.69, 9.17) is 0 Å². The Hall–Kier alpha value is -2.58. The van der Waals surface area contributed by atoms with E-state index in [0.29, 0.717) is 0 Å². The fraction of sp³-hybridized carbons (Fsp3) is 0.273. The van der Waals surface area contributed by atoms with Crippen LogP contribution in [0.2, 0.25) is 0 Å². The molecule has 2 aromatic carbocycles. The summed E-state index contributed by atoms with van der Waals surface area (Å²) in [6.07, 6.45) is 0. The molecule has 0 aliphatic rings. The highest BCUT2D eigenvalue weighted by molar-refractivity contribution is 8.09. The van der Waals surface area contributed by atoms with Crippen LogP contribution in [0, 0.1) is 19.8 Å². The second kappa shape index (κ2) is 9.95. The largest absolute Gasteiger partial charge is 0.291 e. The minimum absolute atomic E-state index is 0.220. The number of rotatable bonds is 7. The highest BCUT2D eigenvalue weighted by atomic mass is 32.3. The van der Waals surface area contributed by atoms with Gasteiger partial charge in [0.25, 0.3) is 0 Å². The molecule has 30 heavy (non-hydrogen) atoms. The number of hydrogen-bond donors (Lipinski definition) is 0. The van der Waals surface area contributed by atoms with Crippen LogP contribution in [0.1, 0.15) is 25.0 Å². The molecule has 0 aliphatic carbocycles. The Kier molecular flexibility index (Phi) is 8.44. The van der Waals surface area contributed by atoms with Crippen molar-refractivity contribution in [1.82, 2.24) is 0 Å². The summed E-state index contributed by atoms with van der Waals surface area (Å²) in [6.45, 7) is 11.7. The first-order chi connectivity index (χ1) is 13.9. The maximum atomic E-state index is 13.3. The van der Waals surface area contributed by atoms with Gasteiger partial charge in [0, 0.05) is 6.92 Å². The van der Waals surface area contributed by atoms with Gasteiger partial charge >= 0.3 is 0 Å². The van der Waals surface area contributed by atoms with Gasteiger partial charge in [-0.25, -0.2) is 16.8 Å². The van der Waals surface area contributed by atoms with E-state index < -0.39 is 41.7 Å². The fourth-order valence-corrected chi connectivity index (χ4v) is 7.76. The van der Waals surface area contributed by atoms with Crippen molar-refractivity contribution in [1.29, 1.82) is 0 Å². The van der Waals surface area contributed by atoms with E-state index in [2.05, 4.69) is 13.2 Å². The molecule has 0 saturated heterocycles. The third-order valence-electron chi connectivity index (χ3n) is 4.48. The first kappa shape index (κ1) is 25.5. The summed E-state index contributed by atoms with van der Waals surface area (Å²) in [4.78, 5) is 23.4. The van der Waals surface area contributed by atoms with E-state index in [-0.39, 0.29) is 9.79 Å². The van der Waals surface area contributed by atoms with Crippen molar-refractivity contribution < 1.29 is 26.4 Å². The Labute approximate surface area is 178 Å². The van der Waals surface area contributed by atoms with Crippen molar-refractivity contribution in [2.45, 2.75) is 42.1 Å². The number of Topliss-reactive ketones (excluding diaryl/α,β-unsaturated/α-hetero) is 2. The summed E-state index contributed by atoms with van der Waals surface area (Å²) in [5, 5.41) is 0. The quantitative estimate of drug-likeness (QED) is 0.473. The highest BCUT2D eigenvalue weighted by Crippen LogP contribution is 2.31. The van der Waals surface area contributed by atoms with Crippen LogP contribution in [-0.2, 0) is 29.3 Å². The number of benzene rings is 2. The molecule has 6 nitrogen and oxygen atoms in total. The molecule has 0 heterocycles. The number of aryl methyl sites for hydroxylation is 2. The summed E-state index contributed by atoms with van der Waals surface area (Å²) in [6, 6.07) is 11.4. The van der Waals surface area contributed by atoms with Crippen LogP contribution in [-0.4, -0.2) is 33.0 Å². The molecule has 1 atom stereocenters. The van der Waals surface area contributed by atoms with Crippen LogP contribution in [0.15, 0.2) is 71.5 Å². The van der Waals surface area contributed by atoms with Crippen molar-refractivity contribution in [3.05, 3.63) is 72.8 Å². The lowest BCUT2D eigenvalue weighted by molar-refractivity contribution is -0.137. The van der Waals surface area contributed by atoms with Gasteiger partial charge in [-0.3, -0.25) is 9.59 Å². The molecule has 2 rings (SSSR count). The zero-order valence-corrected chi connectivity index (χ0v) is 19.1. The average molecular weight is 451 g/mol. The van der Waals surface area contributed by atoms with Gasteiger partial charge in [-0.2, -0.15) is 0 Å². The average Bonchev–Trinajstić information content (AvgIpc) is 2.69. The lowest BCUT2D eigenvalue weighted by atomic mass is 10.1. The second-order valence-corrected chi connectivity index (χ2v) is 11.2. The van der Waals surface area contributed by atoms with Crippen molar-refractivity contribution in [3.63, 3.8) is 0 Å². The number of carbonyl (C=O) groups is 2. The molecule has 0 fully saturated rings. The Morgan fingerprint density at radius 2 is 1.03 bits per heavy atom. The monoisotopic (exact) mass is 450 g/mol. The first-order valence-electron chi connectivity index (χ1n) is 9.05. The summed E-state index contributed by atoms with van der Waals surface area (Å²) in [5.74, 6) is -3.50. The SMILES string of the molecule is C=C.CC(=O)C(=O)C(C)C(S(=O)(=O)c1ccc(C)cc1)S(=O)(=O)c1ccc(C)cc1. The van der Waals surface area contributed by atoms with Crippen molar-refractivity contribution in [2.24, 2.45) is 5.92 Å². The van der Waals surface area contributed by atoms with Gasteiger partial charge in [0.05, 0.1) is 15.7 Å². The maximum Gasteiger partial charge on any atom is 0.203 e. The van der Waals surface area contributed by atoms with E-state index >= 15 is 0 Å². The van der Waals surface area contributed by atoms with Crippen LogP contribution >= 0.6 is 0 Å². The van der Waals surface area contributed by atoms with E-state index in [1.54, 1.807) is 38.1 Å². The van der Waals surface area contributed by atoms with Crippen LogP contribution in [0.25, 0.3) is 0 Å².